The van der Waals surface area contributed by atoms with Gasteiger partial charge < -0.3 is 23.1 Å². The van der Waals surface area contributed by atoms with E-state index in [-0.39, 0.29) is 0 Å². The number of hydrogen-bond donors (Lipinski definition) is 0. The first kappa shape index (κ1) is 28.5. The lowest BCUT2D eigenvalue weighted by molar-refractivity contribution is 0.414. The average Bonchev–Trinajstić information content (AvgIpc) is 2.94. The quantitative estimate of drug-likeness (QED) is 0.278. The molecule has 0 spiro atoms. The maximum absolute atomic E-state index is 7.45. The molecule has 0 aromatic heterocycles. The molecule has 0 fully saturated rings. The van der Waals surface area contributed by atoms with Gasteiger partial charge in [-0.1, -0.05) is 24.3 Å². The van der Waals surface area contributed by atoms with Crippen LogP contribution in [0.5, 0.6) is 23.0 Å². The molecule has 0 aliphatic rings. The van der Waals surface area contributed by atoms with Crippen molar-refractivity contribution in [3.05, 3.63) is 95.1 Å². The van der Waals surface area contributed by atoms with E-state index >= 15 is 0 Å². The molecular weight excluding hydrogens is 521 g/mol. The summed E-state index contributed by atoms with van der Waals surface area (Å²) < 4.78 is 29.5. The summed E-state index contributed by atoms with van der Waals surface area (Å²) >= 11 is 0. The van der Waals surface area contributed by atoms with Gasteiger partial charge in [0.1, 0.15) is 23.0 Å². The first-order valence-electron chi connectivity index (χ1n) is 12.8. The van der Waals surface area contributed by atoms with Gasteiger partial charge in [0, 0.05) is 0 Å². The molecule has 0 aliphatic heterocycles. The van der Waals surface area contributed by atoms with Crippen molar-refractivity contribution >= 4 is 38.8 Å². The summed E-state index contributed by atoms with van der Waals surface area (Å²) in [6.45, 7) is 8.53. The fraction of sp³-hybridized carbons (Fsp3) is 0.250. The Morgan fingerprint density at radius 3 is 0.795 bits per heavy atom. The van der Waals surface area contributed by atoms with Crippen LogP contribution in [-0.4, -0.2) is 46.5 Å². The molecule has 2 radical (unpaired) electrons. The Bertz CT molecular complexity index is 1240. The van der Waals surface area contributed by atoms with Crippen LogP contribution in [-0.2, 0) is 4.12 Å². The molecule has 4 rings (SSSR count). The fourth-order valence-electron chi connectivity index (χ4n) is 4.68. The average molecular weight is 557 g/mol. The zero-order valence-electron chi connectivity index (χ0n) is 24.0. The fourth-order valence-corrected chi connectivity index (χ4v) is 10.5. The Balaban J connectivity index is 1.92. The lowest BCUT2D eigenvalue weighted by atomic mass is 10.2. The number of rotatable bonds is 10. The number of benzene rings is 4. The number of ether oxygens (including phenoxy) is 4. The van der Waals surface area contributed by atoms with Crippen LogP contribution in [0.1, 0.15) is 22.3 Å². The van der Waals surface area contributed by atoms with Gasteiger partial charge in [-0.2, -0.15) is 0 Å². The molecule has 7 heteroatoms. The highest BCUT2D eigenvalue weighted by atomic mass is 28.4. The number of methoxy groups -OCH3 is 4. The van der Waals surface area contributed by atoms with Crippen molar-refractivity contribution in [3.8, 4) is 23.0 Å². The van der Waals surface area contributed by atoms with E-state index in [2.05, 4.69) is 76.2 Å². The third kappa shape index (κ3) is 6.22. The Morgan fingerprint density at radius 1 is 0.385 bits per heavy atom. The summed E-state index contributed by atoms with van der Waals surface area (Å²) in [6.07, 6.45) is 0. The third-order valence-electron chi connectivity index (χ3n) is 6.92. The van der Waals surface area contributed by atoms with Gasteiger partial charge in [0.25, 0.3) is 18.1 Å². The molecule has 4 aromatic carbocycles. The first-order valence-corrected chi connectivity index (χ1v) is 15.6. The van der Waals surface area contributed by atoms with Crippen LogP contribution < -0.4 is 39.7 Å². The molecule has 5 nitrogen and oxygen atoms in total. The van der Waals surface area contributed by atoms with E-state index in [9.17, 15) is 0 Å². The minimum atomic E-state index is -1.69. The largest absolute Gasteiger partial charge is 0.497 e. The second kappa shape index (κ2) is 12.6. The van der Waals surface area contributed by atoms with Gasteiger partial charge in [0.15, 0.2) is 0 Å². The smallest absolute Gasteiger partial charge is 0.273 e. The minimum absolute atomic E-state index is 0.839. The number of aryl methyl sites for hydroxylation is 4. The highest BCUT2D eigenvalue weighted by Gasteiger charge is 2.32. The molecule has 4 aromatic rings. The van der Waals surface area contributed by atoms with E-state index in [0.717, 1.165) is 45.3 Å². The van der Waals surface area contributed by atoms with Crippen molar-refractivity contribution < 1.29 is 23.1 Å². The molecule has 0 saturated heterocycles. The third-order valence-corrected chi connectivity index (χ3v) is 12.8. The summed E-state index contributed by atoms with van der Waals surface area (Å²) in [7, 11) is 3.41. The highest BCUT2D eigenvalue weighted by molar-refractivity contribution is 6.92. The van der Waals surface area contributed by atoms with Crippen molar-refractivity contribution in [3.63, 3.8) is 0 Å². The SMILES string of the molecule is COc1ccc([Si](O[Si](c2ccc(OC)cc2C)c2ccc(OC)cc2C)c2ccc(OC)cc2C)c(C)c1. The maximum atomic E-state index is 7.45. The van der Waals surface area contributed by atoms with E-state index in [1.165, 1.54) is 20.7 Å². The van der Waals surface area contributed by atoms with Gasteiger partial charge in [-0.05, 0) is 119 Å². The van der Waals surface area contributed by atoms with Gasteiger partial charge in [0.05, 0.1) is 28.4 Å². The van der Waals surface area contributed by atoms with Gasteiger partial charge in [-0.25, -0.2) is 0 Å². The van der Waals surface area contributed by atoms with Gasteiger partial charge in [-0.3, -0.25) is 0 Å². The molecule has 0 saturated carbocycles. The van der Waals surface area contributed by atoms with Gasteiger partial charge >= 0.3 is 0 Å². The standard InChI is InChI=1S/C32H36O5Si2/c1-21-17-25(33-5)9-13-29(21)38(30-14-10-26(34-6)18-22(30)2)37-39(31-15-11-27(35-7)19-23(31)3)32-16-12-28(36-8)20-24(32)4/h9-20H,1-8H3. The maximum Gasteiger partial charge on any atom is 0.273 e. The Kier molecular flexibility index (Phi) is 9.17. The lowest BCUT2D eigenvalue weighted by Gasteiger charge is -2.27. The molecule has 0 amide bonds. The van der Waals surface area contributed by atoms with Crippen LogP contribution in [0.3, 0.4) is 0 Å². The number of hydrogen-bond acceptors (Lipinski definition) is 5. The van der Waals surface area contributed by atoms with Gasteiger partial charge in [0.2, 0.25) is 0 Å². The monoisotopic (exact) mass is 556 g/mol. The molecule has 0 unspecified atom stereocenters. The van der Waals surface area contributed by atoms with Crippen LogP contribution >= 0.6 is 0 Å². The van der Waals surface area contributed by atoms with Crippen LogP contribution in [0.15, 0.2) is 72.8 Å². The minimum Gasteiger partial charge on any atom is -0.497 e. The molecule has 0 bridgehead atoms. The van der Waals surface area contributed by atoms with E-state index in [1.807, 2.05) is 24.3 Å². The second-order valence-corrected chi connectivity index (χ2v) is 13.8. The lowest BCUT2D eigenvalue weighted by Crippen LogP contribution is -2.57. The molecular formula is C32H36O5Si2. The Hall–Kier alpha value is -3.53. The van der Waals surface area contributed by atoms with Crippen LogP contribution in [0, 0.1) is 27.7 Å². The van der Waals surface area contributed by atoms with E-state index in [4.69, 9.17) is 23.1 Å². The van der Waals surface area contributed by atoms with Crippen molar-refractivity contribution in [1.29, 1.82) is 0 Å². The molecule has 0 atom stereocenters. The summed E-state index contributed by atoms with van der Waals surface area (Å²) in [5.74, 6) is 3.36. The Morgan fingerprint density at radius 2 is 0.615 bits per heavy atom. The van der Waals surface area contributed by atoms with Crippen LogP contribution in [0.4, 0.5) is 0 Å². The molecule has 202 valence electrons. The second-order valence-electron chi connectivity index (χ2n) is 9.48. The highest BCUT2D eigenvalue weighted by Crippen LogP contribution is 2.18. The zero-order chi connectivity index (χ0) is 28.1. The van der Waals surface area contributed by atoms with Crippen LogP contribution in [0.2, 0.25) is 0 Å². The zero-order valence-corrected chi connectivity index (χ0v) is 26.0. The summed E-state index contributed by atoms with van der Waals surface area (Å²) in [6, 6.07) is 25.1. The molecule has 0 aliphatic carbocycles. The van der Waals surface area contributed by atoms with E-state index in [0.29, 0.717) is 0 Å². The van der Waals surface area contributed by atoms with Gasteiger partial charge in [-0.15, -0.1) is 0 Å². The predicted octanol–water partition coefficient (Wildman–Crippen LogP) is 3.88. The molecule has 0 heterocycles. The summed E-state index contributed by atoms with van der Waals surface area (Å²) in [4.78, 5) is 0. The molecule has 0 N–H and O–H groups in total. The summed E-state index contributed by atoms with van der Waals surface area (Å²) in [5.41, 5.74) is 4.60. The van der Waals surface area contributed by atoms with Crippen molar-refractivity contribution in [2.75, 3.05) is 28.4 Å². The van der Waals surface area contributed by atoms with E-state index in [1.54, 1.807) is 28.4 Å². The molecule has 39 heavy (non-hydrogen) atoms. The van der Waals surface area contributed by atoms with Crippen molar-refractivity contribution in [2.45, 2.75) is 27.7 Å². The summed E-state index contributed by atoms with van der Waals surface area (Å²) in [5, 5.41) is 4.81. The van der Waals surface area contributed by atoms with Crippen molar-refractivity contribution in [2.24, 2.45) is 0 Å². The first-order chi connectivity index (χ1) is 18.8. The van der Waals surface area contributed by atoms with Crippen molar-refractivity contribution in [1.82, 2.24) is 0 Å². The van der Waals surface area contributed by atoms with Crippen LogP contribution in [0.25, 0.3) is 0 Å². The Labute approximate surface area is 235 Å². The van der Waals surface area contributed by atoms with E-state index < -0.39 is 18.1 Å². The normalized spacial score (nSPS) is 11.1. The predicted molar refractivity (Wildman–Crippen MR) is 162 cm³/mol. The topological polar surface area (TPSA) is 46.2 Å².